The summed E-state index contributed by atoms with van der Waals surface area (Å²) in [6, 6.07) is 8.15. The molecule has 1 aromatic carbocycles. The quantitative estimate of drug-likeness (QED) is 0.623. The molecule has 6 heteroatoms. The Bertz CT molecular complexity index is 544. The smallest absolute Gasteiger partial charge is 0.195 e. The van der Waals surface area contributed by atoms with Crippen LogP contribution in [-0.4, -0.2) is 58.7 Å². The number of rotatable bonds is 3. The molecule has 106 valence electrons. The molecule has 2 rings (SSSR count). The van der Waals surface area contributed by atoms with Crippen LogP contribution in [-0.2, 0) is 6.54 Å². The Balaban J connectivity index is 2.09. The van der Waals surface area contributed by atoms with E-state index in [1.165, 1.54) is 6.33 Å². The van der Waals surface area contributed by atoms with Crippen LogP contribution < -0.4 is 0 Å². The fraction of sp³-hybridized carbons (Fsp3) is 0.357. The summed E-state index contributed by atoms with van der Waals surface area (Å²) >= 11 is 0. The third kappa shape index (κ3) is 3.34. The van der Waals surface area contributed by atoms with Crippen molar-refractivity contribution in [3.8, 4) is 5.69 Å². The predicted molar refractivity (Wildman–Crippen MR) is 79.9 cm³/mol. The van der Waals surface area contributed by atoms with Crippen LogP contribution in [0.5, 0.6) is 0 Å². The largest absolute Gasteiger partial charge is 0.349 e. The van der Waals surface area contributed by atoms with Gasteiger partial charge >= 0.3 is 0 Å². The summed E-state index contributed by atoms with van der Waals surface area (Å²) in [7, 11) is 7.97. The molecule has 20 heavy (non-hydrogen) atoms. The molecule has 0 saturated carbocycles. The van der Waals surface area contributed by atoms with E-state index < -0.39 is 0 Å². The van der Waals surface area contributed by atoms with Gasteiger partial charge in [0.05, 0.1) is 12.2 Å². The van der Waals surface area contributed by atoms with Gasteiger partial charge in [-0.25, -0.2) is 14.7 Å². The maximum absolute atomic E-state index is 4.62. The minimum Gasteiger partial charge on any atom is -0.349 e. The summed E-state index contributed by atoms with van der Waals surface area (Å²) in [5.41, 5.74) is 2.16. The second-order valence-electron chi connectivity index (χ2n) is 4.91. The van der Waals surface area contributed by atoms with E-state index in [0.29, 0.717) is 6.54 Å². The van der Waals surface area contributed by atoms with E-state index >= 15 is 0 Å². The van der Waals surface area contributed by atoms with E-state index in [-0.39, 0.29) is 0 Å². The highest BCUT2D eigenvalue weighted by Crippen LogP contribution is 2.09. The zero-order valence-corrected chi connectivity index (χ0v) is 12.4. The molecule has 0 aliphatic carbocycles. The molecule has 0 spiro atoms. The molecule has 1 heterocycles. The van der Waals surface area contributed by atoms with Crippen molar-refractivity contribution in [1.82, 2.24) is 24.6 Å². The standard InChI is InChI=1S/C14H20N6/c1-18(2)14(19(3)4)16-9-12-5-7-13(8-6-12)20-11-15-10-17-20/h5-8,10-11H,9H2,1-4H3. The van der Waals surface area contributed by atoms with Crippen LogP contribution in [0.4, 0.5) is 0 Å². The molecular weight excluding hydrogens is 252 g/mol. The van der Waals surface area contributed by atoms with Gasteiger partial charge in [-0.05, 0) is 17.7 Å². The molecule has 0 aliphatic heterocycles. The lowest BCUT2D eigenvalue weighted by molar-refractivity contribution is 0.479. The van der Waals surface area contributed by atoms with Gasteiger partial charge in [0, 0.05) is 28.2 Å². The van der Waals surface area contributed by atoms with E-state index in [0.717, 1.165) is 17.2 Å². The summed E-state index contributed by atoms with van der Waals surface area (Å²) in [6.07, 6.45) is 3.21. The third-order valence-electron chi connectivity index (χ3n) is 2.82. The maximum atomic E-state index is 4.62. The first kappa shape index (κ1) is 14.0. The number of nitrogens with zero attached hydrogens (tertiary/aromatic N) is 6. The van der Waals surface area contributed by atoms with Crippen LogP contribution in [0.15, 0.2) is 41.9 Å². The average molecular weight is 272 g/mol. The predicted octanol–water partition coefficient (Wildman–Crippen LogP) is 1.25. The van der Waals surface area contributed by atoms with Crippen molar-refractivity contribution in [2.45, 2.75) is 6.54 Å². The van der Waals surface area contributed by atoms with E-state index in [4.69, 9.17) is 0 Å². The van der Waals surface area contributed by atoms with Crippen LogP contribution in [0, 0.1) is 0 Å². The lowest BCUT2D eigenvalue weighted by Gasteiger charge is -2.22. The Hall–Kier alpha value is -2.37. The van der Waals surface area contributed by atoms with E-state index in [1.54, 1.807) is 11.0 Å². The lowest BCUT2D eigenvalue weighted by Crippen LogP contribution is -2.35. The van der Waals surface area contributed by atoms with E-state index in [1.807, 2.05) is 50.1 Å². The highest BCUT2D eigenvalue weighted by atomic mass is 15.3. The van der Waals surface area contributed by atoms with E-state index in [9.17, 15) is 0 Å². The highest BCUT2D eigenvalue weighted by Gasteiger charge is 2.04. The van der Waals surface area contributed by atoms with Crippen LogP contribution in [0.2, 0.25) is 0 Å². The Labute approximate surface area is 119 Å². The van der Waals surface area contributed by atoms with Crippen molar-refractivity contribution in [2.75, 3.05) is 28.2 Å². The zero-order valence-electron chi connectivity index (χ0n) is 12.4. The van der Waals surface area contributed by atoms with Gasteiger partial charge in [-0.1, -0.05) is 12.1 Å². The summed E-state index contributed by atoms with van der Waals surface area (Å²) < 4.78 is 1.73. The molecule has 0 unspecified atom stereocenters. The van der Waals surface area contributed by atoms with Crippen molar-refractivity contribution in [1.29, 1.82) is 0 Å². The molecule has 2 aromatic rings. The number of aromatic nitrogens is 3. The van der Waals surface area contributed by atoms with Gasteiger partial charge in [0.15, 0.2) is 5.96 Å². The number of benzene rings is 1. The average Bonchev–Trinajstić information content (AvgIpc) is 2.92. The van der Waals surface area contributed by atoms with Gasteiger partial charge in [0.1, 0.15) is 12.7 Å². The van der Waals surface area contributed by atoms with Gasteiger partial charge in [-0.15, -0.1) is 0 Å². The molecule has 0 saturated heterocycles. The van der Waals surface area contributed by atoms with E-state index in [2.05, 4.69) is 27.2 Å². The molecule has 0 amide bonds. The lowest BCUT2D eigenvalue weighted by atomic mass is 10.2. The molecular formula is C14H20N6. The van der Waals surface area contributed by atoms with Crippen molar-refractivity contribution in [2.24, 2.45) is 4.99 Å². The third-order valence-corrected chi connectivity index (χ3v) is 2.82. The highest BCUT2D eigenvalue weighted by molar-refractivity contribution is 5.79. The first-order chi connectivity index (χ1) is 9.58. The summed E-state index contributed by atoms with van der Waals surface area (Å²) in [6.45, 7) is 0.656. The molecule has 6 nitrogen and oxygen atoms in total. The molecule has 0 fully saturated rings. The number of guanidine groups is 1. The maximum Gasteiger partial charge on any atom is 0.195 e. The van der Waals surface area contributed by atoms with Gasteiger partial charge in [0.2, 0.25) is 0 Å². The molecule has 0 N–H and O–H groups in total. The van der Waals surface area contributed by atoms with Crippen molar-refractivity contribution >= 4 is 5.96 Å². The monoisotopic (exact) mass is 272 g/mol. The first-order valence-corrected chi connectivity index (χ1v) is 6.41. The summed E-state index contributed by atoms with van der Waals surface area (Å²) in [5.74, 6) is 0.949. The number of hydrogen-bond acceptors (Lipinski definition) is 3. The molecule has 1 aromatic heterocycles. The van der Waals surface area contributed by atoms with Gasteiger partial charge < -0.3 is 9.80 Å². The van der Waals surface area contributed by atoms with Crippen LogP contribution >= 0.6 is 0 Å². The Morgan fingerprint density at radius 1 is 1.10 bits per heavy atom. The minimum absolute atomic E-state index is 0.656. The Morgan fingerprint density at radius 2 is 1.75 bits per heavy atom. The van der Waals surface area contributed by atoms with Gasteiger partial charge in [-0.3, -0.25) is 0 Å². The second-order valence-corrected chi connectivity index (χ2v) is 4.91. The first-order valence-electron chi connectivity index (χ1n) is 6.41. The topological polar surface area (TPSA) is 49.6 Å². The van der Waals surface area contributed by atoms with Crippen molar-refractivity contribution in [3.63, 3.8) is 0 Å². The normalized spacial score (nSPS) is 10.2. The number of hydrogen-bond donors (Lipinski definition) is 0. The Morgan fingerprint density at radius 3 is 2.25 bits per heavy atom. The molecule has 0 atom stereocenters. The molecule has 0 aliphatic rings. The number of aliphatic imine (C=N–C) groups is 1. The molecule has 0 radical (unpaired) electrons. The van der Waals surface area contributed by atoms with Crippen LogP contribution in [0.25, 0.3) is 5.69 Å². The van der Waals surface area contributed by atoms with Gasteiger partial charge in [0.25, 0.3) is 0 Å². The van der Waals surface area contributed by atoms with Crippen LogP contribution in [0.3, 0.4) is 0 Å². The van der Waals surface area contributed by atoms with Crippen LogP contribution in [0.1, 0.15) is 5.56 Å². The second kappa shape index (κ2) is 6.18. The SMILES string of the molecule is CN(C)C(=NCc1ccc(-n2cncn2)cc1)N(C)C. The van der Waals surface area contributed by atoms with Gasteiger partial charge in [-0.2, -0.15) is 5.10 Å². The Kier molecular flexibility index (Phi) is 4.34. The zero-order chi connectivity index (χ0) is 14.5. The minimum atomic E-state index is 0.656. The fourth-order valence-corrected chi connectivity index (χ4v) is 1.94. The molecule has 0 bridgehead atoms. The fourth-order valence-electron chi connectivity index (χ4n) is 1.94. The van der Waals surface area contributed by atoms with Crippen molar-refractivity contribution < 1.29 is 0 Å². The van der Waals surface area contributed by atoms with Crippen molar-refractivity contribution in [3.05, 3.63) is 42.5 Å². The summed E-state index contributed by atoms with van der Waals surface area (Å²) in [5, 5.41) is 4.10. The summed E-state index contributed by atoms with van der Waals surface area (Å²) in [4.78, 5) is 12.6.